The molecule has 0 aliphatic carbocycles. The highest BCUT2D eigenvalue weighted by Gasteiger charge is 2.15. The van der Waals surface area contributed by atoms with E-state index in [0.29, 0.717) is 18.0 Å². The summed E-state index contributed by atoms with van der Waals surface area (Å²) >= 11 is 0. The second-order valence-electron chi connectivity index (χ2n) is 5.78. The number of nitrogens with zero attached hydrogens (tertiary/aromatic N) is 1. The van der Waals surface area contributed by atoms with Crippen LogP contribution >= 0.6 is 0 Å². The molecule has 6 heteroatoms. The molecule has 0 bridgehead atoms. The van der Waals surface area contributed by atoms with Crippen LogP contribution in [-0.2, 0) is 16.1 Å². The minimum absolute atomic E-state index is 0.0317. The molecule has 0 spiro atoms. The Kier molecular flexibility index (Phi) is 6.11. The van der Waals surface area contributed by atoms with E-state index in [-0.39, 0.29) is 17.6 Å². The van der Waals surface area contributed by atoms with Crippen molar-refractivity contribution in [1.29, 1.82) is 0 Å². The fourth-order valence-electron chi connectivity index (χ4n) is 2.15. The first-order chi connectivity index (χ1) is 11.8. The average molecular weight is 344 g/mol. The SMILES string of the molecule is CC(=O)N(C)Cc1cccc(NC(=O)C(C)Oc2ccc(F)cc2)c1. The number of amides is 2. The van der Waals surface area contributed by atoms with E-state index < -0.39 is 6.10 Å². The summed E-state index contributed by atoms with van der Waals surface area (Å²) in [5.74, 6) is -0.296. The number of hydrogen-bond donors (Lipinski definition) is 1. The predicted molar refractivity (Wildman–Crippen MR) is 93.7 cm³/mol. The van der Waals surface area contributed by atoms with Gasteiger partial charge in [0.2, 0.25) is 5.91 Å². The molecule has 0 heterocycles. The lowest BCUT2D eigenvalue weighted by molar-refractivity contribution is -0.128. The summed E-state index contributed by atoms with van der Waals surface area (Å²) in [5.41, 5.74) is 1.52. The van der Waals surface area contributed by atoms with Gasteiger partial charge in [0.15, 0.2) is 6.10 Å². The van der Waals surface area contributed by atoms with Gasteiger partial charge in [0.05, 0.1) is 0 Å². The number of halogens is 1. The fraction of sp³-hybridized carbons (Fsp3) is 0.263. The third-order valence-electron chi connectivity index (χ3n) is 3.65. The molecular weight excluding hydrogens is 323 g/mol. The van der Waals surface area contributed by atoms with Gasteiger partial charge < -0.3 is 15.0 Å². The molecule has 2 amide bonds. The van der Waals surface area contributed by atoms with E-state index in [4.69, 9.17) is 4.74 Å². The van der Waals surface area contributed by atoms with Gasteiger partial charge in [-0.15, -0.1) is 0 Å². The second-order valence-corrected chi connectivity index (χ2v) is 5.78. The molecule has 0 fully saturated rings. The van der Waals surface area contributed by atoms with Gasteiger partial charge in [0.25, 0.3) is 5.91 Å². The Bertz CT molecular complexity index is 747. The van der Waals surface area contributed by atoms with Crippen LogP contribution in [-0.4, -0.2) is 29.9 Å². The monoisotopic (exact) mass is 344 g/mol. The van der Waals surface area contributed by atoms with Crippen molar-refractivity contribution in [2.45, 2.75) is 26.5 Å². The zero-order valence-corrected chi connectivity index (χ0v) is 14.5. The molecule has 1 N–H and O–H groups in total. The first-order valence-corrected chi connectivity index (χ1v) is 7.89. The molecule has 5 nitrogen and oxygen atoms in total. The molecule has 2 aromatic rings. The van der Waals surface area contributed by atoms with Crippen molar-refractivity contribution in [2.24, 2.45) is 0 Å². The maximum atomic E-state index is 12.9. The minimum Gasteiger partial charge on any atom is -0.481 e. The van der Waals surface area contributed by atoms with Gasteiger partial charge in [-0.2, -0.15) is 0 Å². The van der Waals surface area contributed by atoms with E-state index in [1.54, 1.807) is 24.9 Å². The third kappa shape index (κ3) is 5.60. The van der Waals surface area contributed by atoms with E-state index in [0.717, 1.165) is 5.56 Å². The number of rotatable bonds is 6. The Morgan fingerprint density at radius 2 is 1.88 bits per heavy atom. The molecule has 0 saturated heterocycles. The normalized spacial score (nSPS) is 11.5. The molecule has 0 saturated carbocycles. The first-order valence-electron chi connectivity index (χ1n) is 7.89. The zero-order valence-electron chi connectivity index (χ0n) is 14.5. The first kappa shape index (κ1) is 18.4. The Morgan fingerprint density at radius 3 is 2.52 bits per heavy atom. The summed E-state index contributed by atoms with van der Waals surface area (Å²) in [5, 5.41) is 2.77. The lowest BCUT2D eigenvalue weighted by Crippen LogP contribution is -2.30. The molecule has 132 valence electrons. The number of benzene rings is 2. The fourth-order valence-corrected chi connectivity index (χ4v) is 2.15. The molecule has 0 aliphatic heterocycles. The summed E-state index contributed by atoms with van der Waals surface area (Å²) < 4.78 is 18.4. The van der Waals surface area contributed by atoms with Gasteiger partial charge in [-0.05, 0) is 48.9 Å². The summed E-state index contributed by atoms with van der Waals surface area (Å²) in [7, 11) is 1.71. The van der Waals surface area contributed by atoms with E-state index in [1.165, 1.54) is 31.2 Å². The van der Waals surface area contributed by atoms with Gasteiger partial charge in [-0.3, -0.25) is 9.59 Å². The Hall–Kier alpha value is -2.89. The molecular formula is C19H21FN2O3. The molecule has 25 heavy (non-hydrogen) atoms. The summed E-state index contributed by atoms with van der Waals surface area (Å²) in [6.07, 6.45) is -0.742. The lowest BCUT2D eigenvalue weighted by atomic mass is 10.2. The minimum atomic E-state index is -0.742. The number of hydrogen-bond acceptors (Lipinski definition) is 3. The largest absolute Gasteiger partial charge is 0.481 e. The smallest absolute Gasteiger partial charge is 0.265 e. The van der Waals surface area contributed by atoms with Crippen LogP contribution in [0.4, 0.5) is 10.1 Å². The molecule has 2 aromatic carbocycles. The summed E-state index contributed by atoms with van der Waals surface area (Å²) in [6.45, 7) is 3.58. The number of carbonyl (C=O) groups excluding carboxylic acids is 2. The van der Waals surface area contributed by atoms with Crippen molar-refractivity contribution in [3.8, 4) is 5.75 Å². The van der Waals surface area contributed by atoms with Gasteiger partial charge in [-0.1, -0.05) is 12.1 Å². The molecule has 0 aromatic heterocycles. The van der Waals surface area contributed by atoms with Crippen LogP contribution in [0.1, 0.15) is 19.4 Å². The van der Waals surface area contributed by atoms with E-state index in [1.807, 2.05) is 18.2 Å². The molecule has 0 aliphatic rings. The van der Waals surface area contributed by atoms with E-state index in [9.17, 15) is 14.0 Å². The van der Waals surface area contributed by atoms with E-state index >= 15 is 0 Å². The number of ether oxygens (including phenoxy) is 1. The Balaban J connectivity index is 1.97. The standard InChI is InChI=1S/C19H21FN2O3/c1-13(25-18-9-7-16(20)8-10-18)19(24)21-17-6-4-5-15(11-17)12-22(3)14(2)23/h4-11,13H,12H2,1-3H3,(H,21,24). The molecule has 0 radical (unpaired) electrons. The maximum Gasteiger partial charge on any atom is 0.265 e. The summed E-state index contributed by atoms with van der Waals surface area (Å²) in [6, 6.07) is 12.7. The highest BCUT2D eigenvalue weighted by Crippen LogP contribution is 2.16. The topological polar surface area (TPSA) is 58.6 Å². The maximum absolute atomic E-state index is 12.9. The number of anilines is 1. The van der Waals surface area contributed by atoms with Crippen molar-refractivity contribution >= 4 is 17.5 Å². The lowest BCUT2D eigenvalue weighted by Gasteiger charge is -2.17. The number of carbonyl (C=O) groups is 2. The number of nitrogens with one attached hydrogen (secondary N) is 1. The van der Waals surface area contributed by atoms with Gasteiger partial charge in [-0.25, -0.2) is 4.39 Å². The van der Waals surface area contributed by atoms with Gasteiger partial charge in [0.1, 0.15) is 11.6 Å². The zero-order chi connectivity index (χ0) is 18.4. The summed E-state index contributed by atoms with van der Waals surface area (Å²) in [4.78, 5) is 25.1. The Morgan fingerprint density at radius 1 is 1.20 bits per heavy atom. The van der Waals surface area contributed by atoms with Crippen molar-refractivity contribution in [1.82, 2.24) is 4.90 Å². The molecule has 1 atom stereocenters. The van der Waals surface area contributed by atoms with Gasteiger partial charge >= 0.3 is 0 Å². The van der Waals surface area contributed by atoms with Crippen molar-refractivity contribution < 1.29 is 18.7 Å². The second kappa shape index (κ2) is 8.28. The van der Waals surface area contributed by atoms with E-state index in [2.05, 4.69) is 5.32 Å². The highest BCUT2D eigenvalue weighted by atomic mass is 19.1. The van der Waals surface area contributed by atoms with Crippen LogP contribution in [0.25, 0.3) is 0 Å². The quantitative estimate of drug-likeness (QED) is 0.875. The van der Waals surface area contributed by atoms with Crippen molar-refractivity contribution in [2.75, 3.05) is 12.4 Å². The van der Waals surface area contributed by atoms with Crippen LogP contribution in [0.3, 0.4) is 0 Å². The predicted octanol–water partition coefficient (Wildman–Crippen LogP) is 3.21. The third-order valence-corrected chi connectivity index (χ3v) is 3.65. The Labute approximate surface area is 146 Å². The molecule has 1 unspecified atom stereocenters. The molecule has 2 rings (SSSR count). The highest BCUT2D eigenvalue weighted by molar-refractivity contribution is 5.94. The average Bonchev–Trinajstić information content (AvgIpc) is 2.57. The van der Waals surface area contributed by atoms with Crippen LogP contribution in [0, 0.1) is 5.82 Å². The van der Waals surface area contributed by atoms with Gasteiger partial charge in [0, 0.05) is 26.2 Å². The van der Waals surface area contributed by atoms with Crippen molar-refractivity contribution in [3.05, 3.63) is 59.9 Å². The van der Waals surface area contributed by atoms with Crippen LogP contribution in [0.15, 0.2) is 48.5 Å². The van der Waals surface area contributed by atoms with Crippen molar-refractivity contribution in [3.63, 3.8) is 0 Å². The van der Waals surface area contributed by atoms with Crippen LogP contribution in [0.2, 0.25) is 0 Å². The van der Waals surface area contributed by atoms with Crippen LogP contribution in [0.5, 0.6) is 5.75 Å². The van der Waals surface area contributed by atoms with Crippen LogP contribution < -0.4 is 10.1 Å².